The zero-order chi connectivity index (χ0) is 18.2. The minimum Gasteiger partial charge on any atom is -0.493 e. The highest BCUT2D eigenvalue weighted by Crippen LogP contribution is 2.36. The number of likely N-dealkylation sites (N-methyl/N-ethyl adjacent to an activating group) is 1. The lowest BCUT2D eigenvalue weighted by Crippen LogP contribution is -2.26. The first-order chi connectivity index (χ1) is 12.0. The highest BCUT2D eigenvalue weighted by atomic mass is 79.9. The summed E-state index contributed by atoms with van der Waals surface area (Å²) in [5, 5.41) is 4.15. The van der Waals surface area contributed by atoms with Crippen LogP contribution in [0.25, 0.3) is 0 Å². The molecule has 0 fully saturated rings. The van der Waals surface area contributed by atoms with Crippen LogP contribution in [-0.2, 0) is 13.2 Å². The molecule has 0 aliphatic rings. The lowest BCUT2D eigenvalue weighted by atomic mass is 10.1. The summed E-state index contributed by atoms with van der Waals surface area (Å²) in [6.45, 7) is 2.99. The van der Waals surface area contributed by atoms with Gasteiger partial charge in [0, 0.05) is 34.7 Å². The largest absolute Gasteiger partial charge is 0.493 e. The van der Waals surface area contributed by atoms with Crippen molar-refractivity contribution in [2.45, 2.75) is 13.2 Å². The van der Waals surface area contributed by atoms with Crippen LogP contribution in [0, 0.1) is 0 Å². The average Bonchev–Trinajstić information content (AvgIpc) is 2.58. The van der Waals surface area contributed by atoms with Crippen molar-refractivity contribution in [1.29, 1.82) is 0 Å². The van der Waals surface area contributed by atoms with Gasteiger partial charge in [0.25, 0.3) is 0 Å². The van der Waals surface area contributed by atoms with Crippen molar-refractivity contribution in [2.24, 2.45) is 0 Å². The van der Waals surface area contributed by atoms with E-state index < -0.39 is 0 Å². The van der Waals surface area contributed by atoms with Gasteiger partial charge >= 0.3 is 0 Å². The van der Waals surface area contributed by atoms with E-state index in [1.54, 1.807) is 7.11 Å². The molecular weight excluding hydrogens is 404 g/mol. The zero-order valence-corrected chi connectivity index (χ0v) is 17.2. The van der Waals surface area contributed by atoms with Crippen LogP contribution in [0.2, 0.25) is 5.02 Å². The minimum atomic E-state index is 0.429. The number of methoxy groups -OCH3 is 1. The van der Waals surface area contributed by atoms with Gasteiger partial charge < -0.3 is 19.7 Å². The smallest absolute Gasteiger partial charge is 0.167 e. The topological polar surface area (TPSA) is 33.7 Å². The number of halogens is 2. The maximum atomic E-state index is 6.10. The molecule has 0 saturated carbocycles. The molecule has 0 atom stereocenters. The summed E-state index contributed by atoms with van der Waals surface area (Å²) in [6, 6.07) is 11.6. The van der Waals surface area contributed by atoms with Crippen molar-refractivity contribution in [3.05, 3.63) is 57.0 Å². The molecule has 0 heterocycles. The van der Waals surface area contributed by atoms with E-state index >= 15 is 0 Å². The first kappa shape index (κ1) is 20.0. The Morgan fingerprint density at radius 1 is 1.20 bits per heavy atom. The van der Waals surface area contributed by atoms with Crippen molar-refractivity contribution in [2.75, 3.05) is 34.3 Å². The number of benzene rings is 2. The van der Waals surface area contributed by atoms with Gasteiger partial charge in [0.05, 0.1) is 7.11 Å². The number of nitrogens with zero attached hydrogens (tertiary/aromatic N) is 1. The molecule has 0 bridgehead atoms. The SMILES string of the molecule is COc1ccc(Br)c(CNCCN(C)C)c1OCc1cccc(Cl)c1. The van der Waals surface area contributed by atoms with Crippen LogP contribution in [-0.4, -0.2) is 39.2 Å². The predicted octanol–water partition coefficient (Wildman–Crippen LogP) is 4.34. The van der Waals surface area contributed by atoms with Gasteiger partial charge in [-0.05, 0) is 43.9 Å². The molecule has 0 spiro atoms. The lowest BCUT2D eigenvalue weighted by molar-refractivity contribution is 0.280. The van der Waals surface area contributed by atoms with Crippen molar-refractivity contribution in [1.82, 2.24) is 10.2 Å². The Kier molecular flexibility index (Phi) is 8.03. The second-order valence-corrected chi connectivity index (χ2v) is 7.25. The molecule has 1 N–H and O–H groups in total. The lowest BCUT2D eigenvalue weighted by Gasteiger charge is -2.18. The van der Waals surface area contributed by atoms with Crippen molar-refractivity contribution in [3.8, 4) is 11.5 Å². The fourth-order valence-corrected chi connectivity index (χ4v) is 3.03. The van der Waals surface area contributed by atoms with Gasteiger partial charge in [-0.25, -0.2) is 0 Å². The van der Waals surface area contributed by atoms with Crippen LogP contribution in [0.1, 0.15) is 11.1 Å². The Morgan fingerprint density at radius 3 is 2.68 bits per heavy atom. The highest BCUT2D eigenvalue weighted by molar-refractivity contribution is 9.10. The molecular formula is C19H24BrClN2O2. The van der Waals surface area contributed by atoms with Crippen molar-refractivity contribution in [3.63, 3.8) is 0 Å². The molecule has 25 heavy (non-hydrogen) atoms. The maximum absolute atomic E-state index is 6.10. The maximum Gasteiger partial charge on any atom is 0.167 e. The van der Waals surface area contributed by atoms with Gasteiger partial charge in [0.15, 0.2) is 11.5 Å². The molecule has 2 aromatic carbocycles. The fraction of sp³-hybridized carbons (Fsp3) is 0.368. The van der Waals surface area contributed by atoms with Crippen LogP contribution >= 0.6 is 27.5 Å². The molecule has 0 aliphatic carbocycles. The van der Waals surface area contributed by atoms with E-state index in [4.69, 9.17) is 21.1 Å². The van der Waals surface area contributed by atoms with Crippen molar-refractivity contribution >= 4 is 27.5 Å². The number of hydrogen-bond donors (Lipinski definition) is 1. The van der Waals surface area contributed by atoms with E-state index in [-0.39, 0.29) is 0 Å². The Balaban J connectivity index is 2.14. The summed E-state index contributed by atoms with van der Waals surface area (Å²) >= 11 is 9.67. The van der Waals surface area contributed by atoms with E-state index in [1.807, 2.05) is 36.4 Å². The van der Waals surface area contributed by atoms with E-state index in [2.05, 4.69) is 40.2 Å². The second kappa shape index (κ2) is 10.0. The summed E-state index contributed by atoms with van der Waals surface area (Å²) < 4.78 is 12.6. The molecule has 6 heteroatoms. The van der Waals surface area contributed by atoms with E-state index in [1.165, 1.54) is 0 Å². The third-order valence-electron chi connectivity index (χ3n) is 3.70. The van der Waals surface area contributed by atoms with Crippen molar-refractivity contribution < 1.29 is 9.47 Å². The summed E-state index contributed by atoms with van der Waals surface area (Å²) in [4.78, 5) is 2.14. The first-order valence-electron chi connectivity index (χ1n) is 8.09. The highest BCUT2D eigenvalue weighted by Gasteiger charge is 2.15. The third kappa shape index (κ3) is 6.19. The quantitative estimate of drug-likeness (QED) is 0.604. The van der Waals surface area contributed by atoms with Gasteiger partial charge in [0.2, 0.25) is 0 Å². The zero-order valence-electron chi connectivity index (χ0n) is 14.8. The third-order valence-corrected chi connectivity index (χ3v) is 4.67. The van der Waals surface area contributed by atoms with Gasteiger partial charge in [-0.3, -0.25) is 0 Å². The Morgan fingerprint density at radius 2 is 2.00 bits per heavy atom. The fourth-order valence-electron chi connectivity index (χ4n) is 2.36. The Labute approximate surface area is 163 Å². The van der Waals surface area contributed by atoms with Gasteiger partial charge in [0.1, 0.15) is 6.61 Å². The molecule has 4 nitrogen and oxygen atoms in total. The second-order valence-electron chi connectivity index (χ2n) is 5.96. The van der Waals surface area contributed by atoms with Gasteiger partial charge in [-0.1, -0.05) is 39.7 Å². The standard InChI is InChI=1S/C19H24BrClN2O2/c1-23(2)10-9-22-12-16-17(20)7-8-18(24-3)19(16)25-13-14-5-4-6-15(21)11-14/h4-8,11,22H,9-10,12-13H2,1-3H3. The summed E-state index contributed by atoms with van der Waals surface area (Å²) in [5.41, 5.74) is 2.06. The van der Waals surface area contributed by atoms with Crippen LogP contribution in [0.4, 0.5) is 0 Å². The molecule has 2 rings (SSSR count). The summed E-state index contributed by atoms with van der Waals surface area (Å²) in [6.07, 6.45) is 0. The molecule has 0 aliphatic heterocycles. The van der Waals surface area contributed by atoms with E-state index in [9.17, 15) is 0 Å². The number of ether oxygens (including phenoxy) is 2. The minimum absolute atomic E-state index is 0.429. The summed E-state index contributed by atoms with van der Waals surface area (Å²) in [7, 11) is 5.77. The Bertz CT molecular complexity index is 695. The first-order valence-corrected chi connectivity index (χ1v) is 9.26. The van der Waals surface area contributed by atoms with E-state index in [0.29, 0.717) is 18.2 Å². The van der Waals surface area contributed by atoms with Crippen LogP contribution in [0.3, 0.4) is 0 Å². The summed E-state index contributed by atoms with van der Waals surface area (Å²) in [5.74, 6) is 1.46. The molecule has 2 aromatic rings. The van der Waals surface area contributed by atoms with Gasteiger partial charge in [-0.15, -0.1) is 0 Å². The number of nitrogens with one attached hydrogen (secondary N) is 1. The van der Waals surface area contributed by atoms with Crippen LogP contribution in [0.5, 0.6) is 11.5 Å². The van der Waals surface area contributed by atoms with Crippen LogP contribution in [0.15, 0.2) is 40.9 Å². The number of rotatable bonds is 9. The molecule has 0 amide bonds. The average molecular weight is 428 g/mol. The molecule has 0 unspecified atom stereocenters. The predicted molar refractivity (Wildman–Crippen MR) is 107 cm³/mol. The van der Waals surface area contributed by atoms with Gasteiger partial charge in [-0.2, -0.15) is 0 Å². The molecule has 0 saturated heterocycles. The van der Waals surface area contributed by atoms with Crippen LogP contribution < -0.4 is 14.8 Å². The Hall–Kier alpha value is -1.27. The monoisotopic (exact) mass is 426 g/mol. The molecule has 136 valence electrons. The molecule has 0 radical (unpaired) electrons. The normalized spacial score (nSPS) is 11.0. The number of hydrogen-bond acceptors (Lipinski definition) is 4. The van der Waals surface area contributed by atoms with E-state index in [0.717, 1.165) is 40.2 Å². The molecule has 0 aromatic heterocycles.